The zero-order chi connectivity index (χ0) is 23.8. The standard InChI is InChI=1S/C28H31ClN2O3/c1-33-25-13-9-22(10-14-25)27(21-7-11-24(29)12-8-21)30-28(32)23-15-17-31(18-16-23)19-20-34-26-5-3-2-4-6-26/h2-14,23,27H,15-20H2,1H3,(H,30,32)/t27-/m0/s1. The first-order valence-electron chi connectivity index (χ1n) is 11.7. The van der Waals surface area contributed by atoms with Gasteiger partial charge in [-0.2, -0.15) is 0 Å². The Hall–Kier alpha value is -3.02. The van der Waals surface area contributed by atoms with E-state index in [1.807, 2.05) is 78.9 Å². The number of amides is 1. The zero-order valence-corrected chi connectivity index (χ0v) is 20.2. The van der Waals surface area contributed by atoms with Gasteiger partial charge in [-0.25, -0.2) is 0 Å². The number of piperidine rings is 1. The van der Waals surface area contributed by atoms with Crippen LogP contribution in [0.3, 0.4) is 0 Å². The molecule has 0 radical (unpaired) electrons. The number of halogens is 1. The number of hydrogen-bond acceptors (Lipinski definition) is 4. The predicted molar refractivity (Wildman–Crippen MR) is 136 cm³/mol. The highest BCUT2D eigenvalue weighted by Gasteiger charge is 2.27. The van der Waals surface area contributed by atoms with Gasteiger partial charge in [0.25, 0.3) is 0 Å². The molecule has 6 heteroatoms. The van der Waals surface area contributed by atoms with Crippen LogP contribution in [-0.4, -0.2) is 44.2 Å². The first-order valence-corrected chi connectivity index (χ1v) is 12.1. The quantitative estimate of drug-likeness (QED) is 0.450. The van der Waals surface area contributed by atoms with Gasteiger partial charge in [-0.3, -0.25) is 9.69 Å². The molecule has 1 aliphatic rings. The molecular weight excluding hydrogens is 448 g/mol. The van der Waals surface area contributed by atoms with Gasteiger partial charge in [-0.15, -0.1) is 0 Å². The van der Waals surface area contributed by atoms with E-state index in [0.29, 0.717) is 11.6 Å². The molecule has 3 aromatic rings. The van der Waals surface area contributed by atoms with Crippen molar-refractivity contribution in [3.8, 4) is 11.5 Å². The van der Waals surface area contributed by atoms with Gasteiger partial charge >= 0.3 is 0 Å². The number of benzene rings is 3. The molecule has 0 bridgehead atoms. The van der Waals surface area contributed by atoms with E-state index >= 15 is 0 Å². The molecule has 0 saturated carbocycles. The van der Waals surface area contributed by atoms with Crippen LogP contribution >= 0.6 is 11.6 Å². The van der Waals surface area contributed by atoms with E-state index in [2.05, 4.69) is 10.2 Å². The van der Waals surface area contributed by atoms with Gasteiger partial charge in [0.2, 0.25) is 5.91 Å². The maximum absolute atomic E-state index is 13.2. The number of nitrogens with one attached hydrogen (secondary N) is 1. The molecule has 1 saturated heterocycles. The van der Waals surface area contributed by atoms with Crippen LogP contribution in [0.15, 0.2) is 78.9 Å². The van der Waals surface area contributed by atoms with Crippen molar-refractivity contribution in [2.75, 3.05) is 33.4 Å². The summed E-state index contributed by atoms with van der Waals surface area (Å²) in [5.74, 6) is 1.77. The fourth-order valence-electron chi connectivity index (χ4n) is 4.30. The molecule has 1 heterocycles. The van der Waals surface area contributed by atoms with Crippen molar-refractivity contribution in [2.24, 2.45) is 5.92 Å². The summed E-state index contributed by atoms with van der Waals surface area (Å²) in [6.07, 6.45) is 1.68. The molecule has 1 amide bonds. The maximum Gasteiger partial charge on any atom is 0.223 e. The molecule has 0 aromatic heterocycles. The Labute approximate surface area is 206 Å². The van der Waals surface area contributed by atoms with Gasteiger partial charge in [-0.1, -0.05) is 54.1 Å². The van der Waals surface area contributed by atoms with Crippen LogP contribution in [0.25, 0.3) is 0 Å². The van der Waals surface area contributed by atoms with Crippen LogP contribution in [0.1, 0.15) is 30.0 Å². The highest BCUT2D eigenvalue weighted by molar-refractivity contribution is 6.30. The average molecular weight is 479 g/mol. The molecule has 0 aliphatic carbocycles. The third-order valence-electron chi connectivity index (χ3n) is 6.32. The highest BCUT2D eigenvalue weighted by Crippen LogP contribution is 2.27. The fraction of sp³-hybridized carbons (Fsp3) is 0.321. The molecule has 178 valence electrons. The molecule has 5 nitrogen and oxygen atoms in total. The number of rotatable bonds is 9. The lowest BCUT2D eigenvalue weighted by atomic mass is 9.93. The molecule has 34 heavy (non-hydrogen) atoms. The third-order valence-corrected chi connectivity index (χ3v) is 6.57. The Morgan fingerprint density at radius 1 is 0.941 bits per heavy atom. The summed E-state index contributed by atoms with van der Waals surface area (Å²) in [7, 11) is 1.65. The molecule has 1 fully saturated rings. The van der Waals surface area contributed by atoms with Crippen LogP contribution in [0.2, 0.25) is 5.02 Å². The predicted octanol–water partition coefficient (Wildman–Crippen LogP) is 5.35. The van der Waals surface area contributed by atoms with Gasteiger partial charge in [0.1, 0.15) is 18.1 Å². The lowest BCUT2D eigenvalue weighted by Gasteiger charge is -2.32. The van der Waals surface area contributed by atoms with Gasteiger partial charge < -0.3 is 14.8 Å². The maximum atomic E-state index is 13.2. The molecule has 4 rings (SSSR count). The Kier molecular flexibility index (Phi) is 8.45. The number of methoxy groups -OCH3 is 1. The minimum absolute atomic E-state index is 0.000611. The van der Waals surface area contributed by atoms with E-state index in [1.54, 1.807) is 7.11 Å². The lowest BCUT2D eigenvalue weighted by molar-refractivity contribution is -0.127. The molecule has 3 aromatic carbocycles. The normalized spacial score (nSPS) is 15.5. The summed E-state index contributed by atoms with van der Waals surface area (Å²) >= 11 is 6.10. The van der Waals surface area contributed by atoms with E-state index in [9.17, 15) is 4.79 Å². The first-order chi connectivity index (χ1) is 16.6. The summed E-state index contributed by atoms with van der Waals surface area (Å²) < 4.78 is 11.1. The average Bonchev–Trinajstić information content (AvgIpc) is 2.89. The Bertz CT molecular complexity index is 1030. The van der Waals surface area contributed by atoms with E-state index in [4.69, 9.17) is 21.1 Å². The lowest BCUT2D eigenvalue weighted by Crippen LogP contribution is -2.42. The Balaban J connectivity index is 1.33. The topological polar surface area (TPSA) is 50.8 Å². The van der Waals surface area contributed by atoms with Crippen LogP contribution in [0.4, 0.5) is 0 Å². The molecular formula is C28H31ClN2O3. The van der Waals surface area contributed by atoms with Crippen molar-refractivity contribution in [1.82, 2.24) is 10.2 Å². The SMILES string of the molecule is COc1ccc([C@@H](NC(=O)C2CCN(CCOc3ccccc3)CC2)c2ccc(Cl)cc2)cc1. The number of carbonyl (C=O) groups is 1. The van der Waals surface area contributed by atoms with Gasteiger partial charge in [0.15, 0.2) is 0 Å². The van der Waals surface area contributed by atoms with Crippen molar-refractivity contribution in [1.29, 1.82) is 0 Å². The monoisotopic (exact) mass is 478 g/mol. The Morgan fingerprint density at radius 3 is 2.18 bits per heavy atom. The van der Waals surface area contributed by atoms with Crippen molar-refractivity contribution in [3.05, 3.63) is 95.0 Å². The minimum atomic E-state index is -0.243. The minimum Gasteiger partial charge on any atom is -0.497 e. The van der Waals surface area contributed by atoms with Crippen molar-refractivity contribution in [2.45, 2.75) is 18.9 Å². The summed E-state index contributed by atoms with van der Waals surface area (Å²) in [6.45, 7) is 3.30. The summed E-state index contributed by atoms with van der Waals surface area (Å²) in [6, 6.07) is 25.1. The zero-order valence-electron chi connectivity index (χ0n) is 19.5. The number of ether oxygens (including phenoxy) is 2. The molecule has 0 unspecified atom stereocenters. The van der Waals surface area contributed by atoms with E-state index in [-0.39, 0.29) is 17.9 Å². The number of likely N-dealkylation sites (tertiary alicyclic amines) is 1. The number of para-hydroxylation sites is 1. The third kappa shape index (κ3) is 6.52. The summed E-state index contributed by atoms with van der Waals surface area (Å²) in [5.41, 5.74) is 2.00. The van der Waals surface area contributed by atoms with E-state index < -0.39 is 0 Å². The highest BCUT2D eigenvalue weighted by atomic mass is 35.5. The van der Waals surface area contributed by atoms with Crippen molar-refractivity contribution in [3.63, 3.8) is 0 Å². The summed E-state index contributed by atoms with van der Waals surface area (Å²) in [4.78, 5) is 15.6. The first kappa shape index (κ1) is 24.1. The molecule has 1 N–H and O–H groups in total. The number of hydrogen-bond donors (Lipinski definition) is 1. The number of carbonyl (C=O) groups excluding carboxylic acids is 1. The van der Waals surface area contributed by atoms with E-state index in [0.717, 1.165) is 55.1 Å². The largest absolute Gasteiger partial charge is 0.497 e. The van der Waals surface area contributed by atoms with Gasteiger partial charge in [0.05, 0.1) is 13.2 Å². The second kappa shape index (κ2) is 11.9. The smallest absolute Gasteiger partial charge is 0.223 e. The second-order valence-electron chi connectivity index (χ2n) is 8.54. The van der Waals surface area contributed by atoms with Gasteiger partial charge in [0, 0.05) is 17.5 Å². The fourth-order valence-corrected chi connectivity index (χ4v) is 4.42. The molecule has 0 spiro atoms. The number of nitrogens with zero attached hydrogens (tertiary/aromatic N) is 1. The second-order valence-corrected chi connectivity index (χ2v) is 8.98. The van der Waals surface area contributed by atoms with Crippen LogP contribution < -0.4 is 14.8 Å². The van der Waals surface area contributed by atoms with Gasteiger partial charge in [-0.05, 0) is 73.5 Å². The van der Waals surface area contributed by atoms with Crippen LogP contribution in [0, 0.1) is 5.92 Å². The molecule has 1 aliphatic heterocycles. The molecule has 1 atom stereocenters. The van der Waals surface area contributed by atoms with Crippen molar-refractivity contribution < 1.29 is 14.3 Å². The summed E-state index contributed by atoms with van der Waals surface area (Å²) in [5, 5.41) is 3.96. The Morgan fingerprint density at radius 2 is 1.56 bits per heavy atom. The van der Waals surface area contributed by atoms with Crippen molar-refractivity contribution >= 4 is 17.5 Å². The van der Waals surface area contributed by atoms with E-state index in [1.165, 1.54) is 0 Å². The van der Waals surface area contributed by atoms with Crippen LogP contribution in [0.5, 0.6) is 11.5 Å². The van der Waals surface area contributed by atoms with Crippen LogP contribution in [-0.2, 0) is 4.79 Å².